The van der Waals surface area contributed by atoms with E-state index >= 15 is 0 Å². The van der Waals surface area contributed by atoms with E-state index < -0.39 is 72.3 Å². The summed E-state index contributed by atoms with van der Waals surface area (Å²) in [5.41, 5.74) is -3.09. The van der Waals surface area contributed by atoms with E-state index in [9.17, 15) is 34.5 Å². The molecule has 1 aliphatic rings. The van der Waals surface area contributed by atoms with Gasteiger partial charge in [-0.1, -0.05) is 0 Å². The number of aliphatic hydroxyl groups is 5. The highest BCUT2D eigenvalue weighted by molar-refractivity contribution is 5.90. The maximum Gasteiger partial charge on any atom is 0.378 e. The first kappa shape index (κ1) is 20.1. The van der Waals surface area contributed by atoms with Crippen LogP contribution in [0.2, 0.25) is 0 Å². The largest absolute Gasteiger partial charge is 0.505 e. The molecule has 3 atom stereocenters. The summed E-state index contributed by atoms with van der Waals surface area (Å²) in [5, 5.41) is 64.8. The molecule has 0 aromatic heterocycles. The fraction of sp³-hybridized carbons (Fsp3) is 0.500. The zero-order valence-corrected chi connectivity index (χ0v) is 12.3. The molecule has 0 aromatic carbocycles. The highest BCUT2D eigenvalue weighted by atomic mass is 16.7. The van der Waals surface area contributed by atoms with E-state index in [4.69, 9.17) is 20.4 Å². The first-order chi connectivity index (χ1) is 11.4. The minimum atomic E-state index is -3.13. The Hall–Kier alpha value is -2.90. The smallest absolute Gasteiger partial charge is 0.378 e. The van der Waals surface area contributed by atoms with E-state index in [0.29, 0.717) is 0 Å². The van der Waals surface area contributed by atoms with Gasteiger partial charge < -0.3 is 45.2 Å². The Bertz CT molecular complexity index is 637. The van der Waals surface area contributed by atoms with Crippen molar-refractivity contribution in [3.8, 4) is 0 Å². The Morgan fingerprint density at radius 2 is 1.68 bits per heavy atom. The molecule has 0 aliphatic carbocycles. The molecule has 0 radical (unpaired) electrons. The quantitative estimate of drug-likeness (QED) is 0.169. The van der Waals surface area contributed by atoms with Gasteiger partial charge in [-0.15, -0.1) is 0 Å². The van der Waals surface area contributed by atoms with Crippen LogP contribution < -0.4 is 0 Å². The fourth-order valence-corrected chi connectivity index (χ4v) is 1.86. The second-order valence-electron chi connectivity index (χ2n) is 5.08. The summed E-state index contributed by atoms with van der Waals surface area (Å²) in [6.07, 6.45) is -5.08. The average Bonchev–Trinajstić information content (AvgIpc) is 2.74. The normalized spacial score (nSPS) is 21.9. The number of hydrogen-bond acceptors (Lipinski definition) is 11. The fourth-order valence-electron chi connectivity index (χ4n) is 1.86. The zero-order chi connectivity index (χ0) is 19.6. The van der Waals surface area contributed by atoms with Crippen LogP contribution in [-0.2, 0) is 28.7 Å². The Kier molecular flexibility index (Phi) is 5.58. The van der Waals surface area contributed by atoms with Crippen LogP contribution in [0.3, 0.4) is 0 Å². The van der Waals surface area contributed by atoms with Gasteiger partial charge in [-0.2, -0.15) is 0 Å². The van der Waals surface area contributed by atoms with E-state index in [1.807, 2.05) is 0 Å². The number of rotatable bonds is 8. The summed E-state index contributed by atoms with van der Waals surface area (Å²) in [4.78, 5) is 44.3. The number of carboxylic acids is 2. The lowest BCUT2D eigenvalue weighted by atomic mass is 9.96. The minimum Gasteiger partial charge on any atom is -0.505 e. The zero-order valence-electron chi connectivity index (χ0n) is 12.3. The SMILES string of the molecule is O=C(O)CC(O)(CC(=O)O[C@](O)(CO)[C@H]1OC(=O)C(O)=C1O)C(=O)O. The summed E-state index contributed by atoms with van der Waals surface area (Å²) in [5.74, 6) is -12.8. The van der Waals surface area contributed by atoms with Crippen LogP contribution in [0.1, 0.15) is 12.8 Å². The molecule has 0 amide bonds. The van der Waals surface area contributed by atoms with Crippen molar-refractivity contribution in [3.05, 3.63) is 11.5 Å². The summed E-state index contributed by atoms with van der Waals surface area (Å²) in [6, 6.07) is 0. The maximum absolute atomic E-state index is 11.7. The highest BCUT2D eigenvalue weighted by Gasteiger charge is 2.53. The Morgan fingerprint density at radius 3 is 2.04 bits per heavy atom. The lowest BCUT2D eigenvalue weighted by Gasteiger charge is -2.31. The van der Waals surface area contributed by atoms with Gasteiger partial charge in [-0.3, -0.25) is 9.59 Å². The van der Waals surface area contributed by atoms with E-state index in [-0.39, 0.29) is 0 Å². The van der Waals surface area contributed by atoms with E-state index in [2.05, 4.69) is 9.47 Å². The number of aliphatic hydroxyl groups excluding tert-OH is 3. The number of cyclic esters (lactones) is 1. The van der Waals surface area contributed by atoms with Gasteiger partial charge in [0.1, 0.15) is 6.61 Å². The molecule has 0 saturated carbocycles. The second kappa shape index (κ2) is 6.92. The van der Waals surface area contributed by atoms with Crippen LogP contribution in [0.25, 0.3) is 0 Å². The van der Waals surface area contributed by atoms with Crippen LogP contribution >= 0.6 is 0 Å². The van der Waals surface area contributed by atoms with Crippen molar-refractivity contribution in [3.63, 3.8) is 0 Å². The molecule has 25 heavy (non-hydrogen) atoms. The van der Waals surface area contributed by atoms with Crippen molar-refractivity contribution < 1.29 is 64.4 Å². The molecule has 0 saturated heterocycles. The Morgan fingerprint density at radius 1 is 1.12 bits per heavy atom. The third-order valence-corrected chi connectivity index (χ3v) is 3.11. The first-order valence-electron chi connectivity index (χ1n) is 6.42. The molecule has 1 aliphatic heterocycles. The van der Waals surface area contributed by atoms with Gasteiger partial charge >= 0.3 is 23.9 Å². The van der Waals surface area contributed by atoms with Crippen molar-refractivity contribution in [2.75, 3.05) is 6.61 Å². The number of ether oxygens (including phenoxy) is 2. The molecule has 0 aromatic rings. The average molecular weight is 366 g/mol. The third-order valence-electron chi connectivity index (χ3n) is 3.11. The van der Waals surface area contributed by atoms with E-state index in [1.54, 1.807) is 0 Å². The molecule has 140 valence electrons. The molecule has 7 N–H and O–H groups in total. The predicted molar refractivity (Wildman–Crippen MR) is 69.7 cm³/mol. The number of carbonyl (C=O) groups is 4. The first-order valence-corrected chi connectivity index (χ1v) is 6.42. The lowest BCUT2D eigenvalue weighted by molar-refractivity contribution is -0.261. The number of carbonyl (C=O) groups excluding carboxylic acids is 2. The summed E-state index contributed by atoms with van der Waals surface area (Å²) in [6.45, 7) is -1.47. The van der Waals surface area contributed by atoms with Gasteiger partial charge in [-0.05, 0) is 0 Å². The Balaban J connectivity index is 2.97. The molecule has 0 fully saturated rings. The molecule has 1 rings (SSSR count). The molecular formula is C12H14O13. The summed E-state index contributed by atoms with van der Waals surface area (Å²) < 4.78 is 8.65. The van der Waals surface area contributed by atoms with Crippen LogP contribution in [0.15, 0.2) is 11.5 Å². The molecule has 1 heterocycles. The highest BCUT2D eigenvalue weighted by Crippen LogP contribution is 2.30. The van der Waals surface area contributed by atoms with Gasteiger partial charge in [0.05, 0.1) is 12.8 Å². The third kappa shape index (κ3) is 4.14. The van der Waals surface area contributed by atoms with E-state index in [1.165, 1.54) is 0 Å². The van der Waals surface area contributed by atoms with Crippen molar-refractivity contribution >= 4 is 23.9 Å². The standard InChI is InChI=1S/C12H14O13/c13-3-12(23,8-6(17)7(18)9(19)24-8)25-5(16)2-11(22,10(20)21)1-4(14)15/h8,13,17-18,22-23H,1-3H2,(H,14,15)(H,20,21)/t8-,11?,12+/m0/s1. The molecular weight excluding hydrogens is 352 g/mol. The minimum absolute atomic E-state index is 1.27. The van der Waals surface area contributed by atoms with Crippen molar-refractivity contribution in [2.24, 2.45) is 0 Å². The number of aliphatic carboxylic acids is 2. The van der Waals surface area contributed by atoms with Crippen LogP contribution in [0.5, 0.6) is 0 Å². The molecule has 0 spiro atoms. The molecule has 13 heteroatoms. The number of esters is 2. The van der Waals surface area contributed by atoms with Crippen molar-refractivity contribution in [2.45, 2.75) is 30.3 Å². The topological polar surface area (TPSA) is 228 Å². The second-order valence-corrected chi connectivity index (χ2v) is 5.08. The van der Waals surface area contributed by atoms with Crippen molar-refractivity contribution in [1.29, 1.82) is 0 Å². The van der Waals surface area contributed by atoms with E-state index in [0.717, 1.165) is 0 Å². The monoisotopic (exact) mass is 366 g/mol. The lowest BCUT2D eigenvalue weighted by Crippen LogP contribution is -2.52. The van der Waals surface area contributed by atoms with Gasteiger partial charge in [0, 0.05) is 0 Å². The Labute approximate surface area is 137 Å². The molecule has 13 nitrogen and oxygen atoms in total. The van der Waals surface area contributed by atoms with Gasteiger partial charge in [0.2, 0.25) is 11.9 Å². The van der Waals surface area contributed by atoms with Crippen molar-refractivity contribution in [1.82, 2.24) is 0 Å². The number of carboxylic acid groups (broad SMARTS) is 2. The molecule has 0 bridgehead atoms. The van der Waals surface area contributed by atoms with Gasteiger partial charge in [-0.25, -0.2) is 9.59 Å². The van der Waals surface area contributed by atoms with Crippen LogP contribution in [0, 0.1) is 0 Å². The van der Waals surface area contributed by atoms with Gasteiger partial charge in [0.15, 0.2) is 11.4 Å². The van der Waals surface area contributed by atoms with Crippen LogP contribution in [-0.4, -0.2) is 83.7 Å². The number of hydrogen-bond donors (Lipinski definition) is 7. The maximum atomic E-state index is 11.7. The predicted octanol–water partition coefficient (Wildman–Crippen LogP) is -2.86. The summed E-state index contributed by atoms with van der Waals surface area (Å²) >= 11 is 0. The molecule has 1 unspecified atom stereocenters. The van der Waals surface area contributed by atoms with Crippen LogP contribution in [0.4, 0.5) is 0 Å². The van der Waals surface area contributed by atoms with Gasteiger partial charge in [0.25, 0.3) is 5.79 Å². The summed E-state index contributed by atoms with van der Waals surface area (Å²) in [7, 11) is 0.